The van der Waals surface area contributed by atoms with Crippen molar-refractivity contribution in [3.8, 4) is 45.3 Å². The van der Waals surface area contributed by atoms with Gasteiger partial charge in [0.1, 0.15) is 0 Å². The van der Waals surface area contributed by atoms with Crippen molar-refractivity contribution in [1.82, 2.24) is 15.0 Å². The second kappa shape index (κ2) is 12.8. The Labute approximate surface area is 270 Å². The summed E-state index contributed by atoms with van der Waals surface area (Å²) in [6.07, 6.45) is 6.76. The first-order valence-corrected chi connectivity index (χ1v) is 16.9. The van der Waals surface area contributed by atoms with E-state index in [0.29, 0.717) is 29.3 Å². The zero-order chi connectivity index (χ0) is 30.8. The first-order valence-electron chi connectivity index (χ1n) is 15.9. The van der Waals surface area contributed by atoms with Crippen LogP contribution in [-0.4, -0.2) is 20.7 Å². The van der Waals surface area contributed by atoms with Gasteiger partial charge in [0.25, 0.3) is 0 Å². The zero-order valence-electron chi connectivity index (χ0n) is 26.1. The molecule has 3 nitrogen and oxygen atoms in total. The molecule has 4 heteroatoms. The van der Waals surface area contributed by atoms with E-state index in [9.17, 15) is 0 Å². The minimum atomic E-state index is 0.600. The number of aryl methyl sites for hydroxylation is 1. The Morgan fingerprint density at radius 1 is 0.622 bits per heavy atom. The second-order valence-electron chi connectivity index (χ2n) is 12.3. The molecule has 1 aliphatic rings. The molecule has 0 aliphatic heterocycles. The highest BCUT2D eigenvalue weighted by Crippen LogP contribution is 2.40. The van der Waals surface area contributed by atoms with Crippen LogP contribution in [0.3, 0.4) is 0 Å². The lowest BCUT2D eigenvalue weighted by atomic mass is 9.87. The highest BCUT2D eigenvalue weighted by atomic mass is 32.2. The normalized spacial score (nSPS) is 13.2. The van der Waals surface area contributed by atoms with Gasteiger partial charge in [-0.1, -0.05) is 118 Å². The lowest BCUT2D eigenvalue weighted by Gasteiger charge is -2.19. The fraction of sp³-hybridized carbons (Fsp3) is 0.195. The predicted octanol–water partition coefficient (Wildman–Crippen LogP) is 11.0. The van der Waals surface area contributed by atoms with E-state index in [1.54, 1.807) is 0 Å². The van der Waals surface area contributed by atoms with E-state index in [0.717, 1.165) is 35.3 Å². The van der Waals surface area contributed by atoms with Crippen LogP contribution in [0.4, 0.5) is 0 Å². The number of allylic oxidation sites excluding steroid dienone is 1. The minimum absolute atomic E-state index is 0.600. The second-order valence-corrected chi connectivity index (χ2v) is 13.4. The number of fused-ring (bicyclic) bond motifs is 3. The van der Waals surface area contributed by atoms with Gasteiger partial charge in [-0.2, -0.15) is 0 Å². The van der Waals surface area contributed by atoms with E-state index in [1.165, 1.54) is 37.9 Å². The SMILES string of the molecule is CC(C)C(C)CSc1cc(-c2nc(-c3ccccc3)nc(-c3ccccc3)n2)cc(-c2cc3c(c4ccccc24)CCC=C3)c1. The molecule has 1 aliphatic carbocycles. The summed E-state index contributed by atoms with van der Waals surface area (Å²) in [4.78, 5) is 16.3. The van der Waals surface area contributed by atoms with Crippen molar-refractivity contribution >= 4 is 28.6 Å². The van der Waals surface area contributed by atoms with Crippen LogP contribution in [0, 0.1) is 11.8 Å². The number of hydrogen-bond donors (Lipinski definition) is 0. The van der Waals surface area contributed by atoms with E-state index >= 15 is 0 Å². The molecule has 0 radical (unpaired) electrons. The van der Waals surface area contributed by atoms with Crippen LogP contribution in [0.5, 0.6) is 0 Å². The molecule has 0 saturated heterocycles. The van der Waals surface area contributed by atoms with Crippen molar-refractivity contribution in [1.29, 1.82) is 0 Å². The maximum absolute atomic E-state index is 5.09. The Kier molecular flexibility index (Phi) is 8.32. The Balaban J connectivity index is 1.44. The van der Waals surface area contributed by atoms with Crippen molar-refractivity contribution in [2.75, 3.05) is 5.75 Å². The molecule has 45 heavy (non-hydrogen) atoms. The molecule has 7 rings (SSSR count). The first-order chi connectivity index (χ1) is 22.0. The summed E-state index contributed by atoms with van der Waals surface area (Å²) < 4.78 is 0. The van der Waals surface area contributed by atoms with Crippen LogP contribution in [0.15, 0.2) is 120 Å². The summed E-state index contributed by atoms with van der Waals surface area (Å²) in [5, 5.41) is 2.64. The van der Waals surface area contributed by atoms with Gasteiger partial charge < -0.3 is 0 Å². The van der Waals surface area contributed by atoms with Gasteiger partial charge >= 0.3 is 0 Å². The van der Waals surface area contributed by atoms with Crippen molar-refractivity contribution in [3.05, 3.63) is 126 Å². The van der Waals surface area contributed by atoms with E-state index in [-0.39, 0.29) is 0 Å². The number of rotatable bonds is 8. The van der Waals surface area contributed by atoms with Crippen molar-refractivity contribution < 1.29 is 0 Å². The number of nitrogens with zero attached hydrogens (tertiary/aromatic N) is 3. The number of aromatic nitrogens is 3. The smallest absolute Gasteiger partial charge is 0.164 e. The molecular weight excluding hydrogens is 567 g/mol. The summed E-state index contributed by atoms with van der Waals surface area (Å²) in [5.74, 6) is 4.32. The first kappa shape index (κ1) is 29.2. The lowest BCUT2D eigenvalue weighted by Crippen LogP contribution is -2.06. The maximum atomic E-state index is 5.09. The Morgan fingerprint density at radius 3 is 1.84 bits per heavy atom. The Morgan fingerprint density at radius 2 is 1.20 bits per heavy atom. The molecular formula is C41H37N3S. The van der Waals surface area contributed by atoms with Crippen molar-refractivity contribution in [2.24, 2.45) is 11.8 Å². The van der Waals surface area contributed by atoms with Gasteiger partial charge in [-0.25, -0.2) is 15.0 Å². The summed E-state index contributed by atoms with van der Waals surface area (Å²) in [5.41, 5.74) is 8.16. The van der Waals surface area contributed by atoms with Gasteiger partial charge in [0.2, 0.25) is 0 Å². The van der Waals surface area contributed by atoms with Crippen molar-refractivity contribution in [2.45, 2.75) is 38.5 Å². The van der Waals surface area contributed by atoms with Crippen LogP contribution in [0.1, 0.15) is 38.3 Å². The van der Waals surface area contributed by atoms with Crippen LogP contribution in [0.25, 0.3) is 62.1 Å². The molecule has 0 spiro atoms. The highest BCUT2D eigenvalue weighted by molar-refractivity contribution is 7.99. The fourth-order valence-corrected chi connectivity index (χ4v) is 7.15. The number of thioether (sulfide) groups is 1. The molecule has 0 bridgehead atoms. The summed E-state index contributed by atoms with van der Waals surface area (Å²) >= 11 is 1.92. The minimum Gasteiger partial charge on any atom is -0.208 e. The fourth-order valence-electron chi connectivity index (χ4n) is 5.89. The molecule has 222 valence electrons. The quantitative estimate of drug-likeness (QED) is 0.162. The zero-order valence-corrected chi connectivity index (χ0v) is 26.9. The molecule has 5 aromatic carbocycles. The summed E-state index contributed by atoms with van der Waals surface area (Å²) in [6.45, 7) is 6.96. The van der Waals surface area contributed by atoms with Gasteiger partial charge in [-0.15, -0.1) is 11.8 Å². The Bertz CT molecular complexity index is 1940. The number of hydrogen-bond acceptors (Lipinski definition) is 4. The Hall–Kier alpha value is -4.54. The van der Waals surface area contributed by atoms with E-state index < -0.39 is 0 Å². The van der Waals surface area contributed by atoms with Crippen molar-refractivity contribution in [3.63, 3.8) is 0 Å². The molecule has 1 aromatic heterocycles. The molecule has 0 N–H and O–H groups in total. The van der Waals surface area contributed by atoms with Gasteiger partial charge in [-0.05, 0) is 82.0 Å². The molecule has 0 amide bonds. The highest BCUT2D eigenvalue weighted by Gasteiger charge is 2.18. The molecule has 0 fully saturated rings. The largest absolute Gasteiger partial charge is 0.208 e. The van der Waals surface area contributed by atoms with E-state index in [2.05, 4.69) is 106 Å². The van der Waals surface area contributed by atoms with Crippen LogP contribution >= 0.6 is 11.8 Å². The molecule has 6 aromatic rings. The van der Waals surface area contributed by atoms with Gasteiger partial charge in [-0.3, -0.25) is 0 Å². The van der Waals surface area contributed by atoms with Crippen LogP contribution < -0.4 is 0 Å². The maximum Gasteiger partial charge on any atom is 0.164 e. The van der Waals surface area contributed by atoms with E-state index in [4.69, 9.17) is 15.0 Å². The molecule has 0 saturated carbocycles. The van der Waals surface area contributed by atoms with E-state index in [1.807, 2.05) is 48.2 Å². The monoisotopic (exact) mass is 603 g/mol. The van der Waals surface area contributed by atoms with Gasteiger partial charge in [0, 0.05) is 27.3 Å². The average Bonchev–Trinajstić information content (AvgIpc) is 3.10. The van der Waals surface area contributed by atoms with Gasteiger partial charge in [0.15, 0.2) is 17.5 Å². The topological polar surface area (TPSA) is 38.7 Å². The predicted molar refractivity (Wildman–Crippen MR) is 191 cm³/mol. The third kappa shape index (κ3) is 6.21. The average molecular weight is 604 g/mol. The summed E-state index contributed by atoms with van der Waals surface area (Å²) in [7, 11) is 0. The van der Waals surface area contributed by atoms with Crippen LogP contribution in [0.2, 0.25) is 0 Å². The van der Waals surface area contributed by atoms with Gasteiger partial charge in [0.05, 0.1) is 0 Å². The third-order valence-corrected chi connectivity index (χ3v) is 10.1. The molecule has 1 atom stereocenters. The standard InChI is InChI=1S/C41H37N3S/c1-27(2)28(3)26-45-34-23-32(38-25-31-18-10-11-19-35(31)36-20-12-13-21-37(36)38)22-33(24-34)41-43-39(29-14-6-4-7-15-29)42-40(44-41)30-16-8-5-9-17-30/h4-10,12-18,20-25,27-28H,11,19,26H2,1-3H3. The lowest BCUT2D eigenvalue weighted by molar-refractivity contribution is 0.464. The molecule has 1 unspecified atom stereocenters. The summed E-state index contributed by atoms with van der Waals surface area (Å²) in [6, 6.07) is 38.6. The molecule has 1 heterocycles. The van der Waals surface area contributed by atoms with Crippen LogP contribution in [-0.2, 0) is 6.42 Å². The number of benzene rings is 5. The third-order valence-electron chi connectivity index (χ3n) is 8.88.